The van der Waals surface area contributed by atoms with Crippen molar-refractivity contribution in [2.24, 2.45) is 0 Å². The van der Waals surface area contributed by atoms with E-state index in [1.165, 1.54) is 11.6 Å². The van der Waals surface area contributed by atoms with Crippen LogP contribution in [0.1, 0.15) is 5.56 Å². The van der Waals surface area contributed by atoms with E-state index >= 15 is 0 Å². The fraction of sp³-hybridized carbons (Fsp3) is 0.278. The molecule has 6 heteroatoms. The van der Waals surface area contributed by atoms with Crippen LogP contribution in [0, 0.1) is 5.82 Å². The summed E-state index contributed by atoms with van der Waals surface area (Å²) >= 11 is 11.3. The molecule has 1 N–H and O–H groups in total. The van der Waals surface area contributed by atoms with Crippen LogP contribution in [0.2, 0.25) is 5.02 Å². The summed E-state index contributed by atoms with van der Waals surface area (Å²) in [4.78, 5) is 4.55. The first-order valence-electron chi connectivity index (χ1n) is 7.89. The number of hydrogen-bond acceptors (Lipinski definition) is 2. The van der Waals surface area contributed by atoms with Crippen LogP contribution in [0.4, 0.5) is 10.1 Å². The molecule has 0 radical (unpaired) electrons. The maximum Gasteiger partial charge on any atom is 0.173 e. The van der Waals surface area contributed by atoms with Crippen LogP contribution in [0.25, 0.3) is 0 Å². The standard InChI is InChI=1S/C18H19ClFN3S/c19-16-12-15(6-7-17(16)20)21-18(24)23-10-8-22(9-11-23)13-14-4-2-1-3-5-14/h1-7,12H,8-11,13H2,(H,21,24). The number of halogens is 2. The Morgan fingerprint density at radius 1 is 1.08 bits per heavy atom. The highest BCUT2D eigenvalue weighted by molar-refractivity contribution is 7.80. The Labute approximate surface area is 152 Å². The average molecular weight is 364 g/mol. The van der Waals surface area contributed by atoms with E-state index in [0.717, 1.165) is 32.7 Å². The van der Waals surface area contributed by atoms with Gasteiger partial charge in [-0.3, -0.25) is 4.90 Å². The Morgan fingerprint density at radius 3 is 2.46 bits per heavy atom. The molecule has 24 heavy (non-hydrogen) atoms. The van der Waals surface area contributed by atoms with E-state index in [4.69, 9.17) is 23.8 Å². The lowest BCUT2D eigenvalue weighted by Gasteiger charge is -2.36. The zero-order chi connectivity index (χ0) is 16.9. The zero-order valence-electron chi connectivity index (χ0n) is 13.2. The molecular weight excluding hydrogens is 345 g/mol. The van der Waals surface area contributed by atoms with Gasteiger partial charge in [0, 0.05) is 38.4 Å². The lowest BCUT2D eigenvalue weighted by atomic mass is 10.2. The molecule has 1 heterocycles. The summed E-state index contributed by atoms with van der Waals surface area (Å²) in [7, 11) is 0. The minimum atomic E-state index is -0.428. The molecule has 0 atom stereocenters. The Balaban J connectivity index is 1.50. The van der Waals surface area contributed by atoms with E-state index in [-0.39, 0.29) is 5.02 Å². The summed E-state index contributed by atoms with van der Waals surface area (Å²) in [6, 6.07) is 15.0. The molecule has 0 aromatic heterocycles. The molecule has 1 fully saturated rings. The maximum absolute atomic E-state index is 13.2. The van der Waals surface area contributed by atoms with Gasteiger partial charge in [-0.05, 0) is 36.0 Å². The molecule has 3 nitrogen and oxygen atoms in total. The van der Waals surface area contributed by atoms with Crippen molar-refractivity contribution >= 4 is 34.6 Å². The van der Waals surface area contributed by atoms with Crippen molar-refractivity contribution in [2.75, 3.05) is 31.5 Å². The molecule has 0 bridgehead atoms. The van der Waals surface area contributed by atoms with E-state index in [9.17, 15) is 4.39 Å². The van der Waals surface area contributed by atoms with Crippen LogP contribution < -0.4 is 5.32 Å². The number of benzene rings is 2. The van der Waals surface area contributed by atoms with Crippen molar-refractivity contribution in [3.63, 3.8) is 0 Å². The predicted molar refractivity (Wildman–Crippen MR) is 101 cm³/mol. The average Bonchev–Trinajstić information content (AvgIpc) is 2.60. The van der Waals surface area contributed by atoms with Gasteiger partial charge in [-0.15, -0.1) is 0 Å². The minimum absolute atomic E-state index is 0.0930. The van der Waals surface area contributed by atoms with Gasteiger partial charge in [-0.25, -0.2) is 4.39 Å². The van der Waals surface area contributed by atoms with Crippen molar-refractivity contribution in [1.82, 2.24) is 9.80 Å². The van der Waals surface area contributed by atoms with Crippen LogP contribution in [-0.4, -0.2) is 41.1 Å². The predicted octanol–water partition coefficient (Wildman–Crippen LogP) is 3.99. The van der Waals surface area contributed by atoms with Gasteiger partial charge in [-0.1, -0.05) is 41.9 Å². The minimum Gasteiger partial charge on any atom is -0.346 e. The quantitative estimate of drug-likeness (QED) is 0.830. The van der Waals surface area contributed by atoms with Gasteiger partial charge < -0.3 is 10.2 Å². The van der Waals surface area contributed by atoms with Crippen molar-refractivity contribution in [3.8, 4) is 0 Å². The molecule has 2 aromatic carbocycles. The van der Waals surface area contributed by atoms with Crippen molar-refractivity contribution < 1.29 is 4.39 Å². The van der Waals surface area contributed by atoms with Gasteiger partial charge in [-0.2, -0.15) is 0 Å². The first-order valence-corrected chi connectivity index (χ1v) is 8.68. The fourth-order valence-electron chi connectivity index (χ4n) is 2.73. The normalized spacial score (nSPS) is 15.3. The molecule has 0 aliphatic carbocycles. The molecule has 1 saturated heterocycles. The summed E-state index contributed by atoms with van der Waals surface area (Å²) in [6.45, 7) is 4.62. The van der Waals surface area contributed by atoms with E-state index in [1.807, 2.05) is 6.07 Å². The number of nitrogens with zero attached hydrogens (tertiary/aromatic N) is 2. The molecule has 0 unspecified atom stereocenters. The second-order valence-electron chi connectivity index (χ2n) is 5.81. The first-order chi connectivity index (χ1) is 11.6. The summed E-state index contributed by atoms with van der Waals surface area (Å²) in [5.41, 5.74) is 2.03. The van der Waals surface area contributed by atoms with Gasteiger partial charge >= 0.3 is 0 Å². The second kappa shape index (κ2) is 7.92. The molecule has 0 saturated carbocycles. The fourth-order valence-corrected chi connectivity index (χ4v) is 3.21. The van der Waals surface area contributed by atoms with Gasteiger partial charge in [0.05, 0.1) is 5.02 Å². The van der Waals surface area contributed by atoms with E-state index < -0.39 is 5.82 Å². The van der Waals surface area contributed by atoms with E-state index in [0.29, 0.717) is 10.8 Å². The zero-order valence-corrected chi connectivity index (χ0v) is 14.8. The second-order valence-corrected chi connectivity index (χ2v) is 6.60. The van der Waals surface area contributed by atoms with Crippen LogP contribution in [0.15, 0.2) is 48.5 Å². The molecule has 126 valence electrons. The van der Waals surface area contributed by atoms with Crippen molar-refractivity contribution in [2.45, 2.75) is 6.54 Å². The molecular formula is C18H19ClFN3S. The Morgan fingerprint density at radius 2 is 1.79 bits per heavy atom. The van der Waals surface area contributed by atoms with Gasteiger partial charge in [0.15, 0.2) is 5.11 Å². The summed E-state index contributed by atoms with van der Waals surface area (Å²) in [6.07, 6.45) is 0. The summed E-state index contributed by atoms with van der Waals surface area (Å²) < 4.78 is 13.2. The van der Waals surface area contributed by atoms with E-state index in [2.05, 4.69) is 39.4 Å². The lowest BCUT2D eigenvalue weighted by Crippen LogP contribution is -2.49. The Bertz CT molecular complexity index is 703. The van der Waals surface area contributed by atoms with Crippen LogP contribution in [-0.2, 0) is 6.54 Å². The first kappa shape index (κ1) is 17.1. The highest BCUT2D eigenvalue weighted by Gasteiger charge is 2.19. The monoisotopic (exact) mass is 363 g/mol. The number of piperazine rings is 1. The van der Waals surface area contributed by atoms with Gasteiger partial charge in [0.25, 0.3) is 0 Å². The van der Waals surface area contributed by atoms with Gasteiger partial charge in [0.1, 0.15) is 5.82 Å². The lowest BCUT2D eigenvalue weighted by molar-refractivity contribution is 0.177. The number of nitrogens with one attached hydrogen (secondary N) is 1. The largest absolute Gasteiger partial charge is 0.346 e. The number of hydrogen-bond donors (Lipinski definition) is 1. The van der Waals surface area contributed by atoms with E-state index in [1.54, 1.807) is 12.1 Å². The SMILES string of the molecule is Fc1ccc(NC(=S)N2CCN(Cc3ccccc3)CC2)cc1Cl. The van der Waals surface area contributed by atoms with Crippen LogP contribution >= 0.6 is 23.8 Å². The molecule has 0 amide bonds. The third-order valence-corrected chi connectivity index (χ3v) is 4.73. The van der Waals surface area contributed by atoms with Crippen molar-refractivity contribution in [3.05, 3.63) is 64.9 Å². The van der Waals surface area contributed by atoms with Crippen LogP contribution in [0.3, 0.4) is 0 Å². The third kappa shape index (κ3) is 4.44. The Kier molecular flexibility index (Phi) is 5.66. The third-order valence-electron chi connectivity index (χ3n) is 4.08. The molecule has 3 rings (SSSR count). The topological polar surface area (TPSA) is 18.5 Å². The molecule has 1 aliphatic heterocycles. The van der Waals surface area contributed by atoms with Gasteiger partial charge in [0.2, 0.25) is 0 Å². The smallest absolute Gasteiger partial charge is 0.173 e. The Hall–Kier alpha value is -1.69. The van der Waals surface area contributed by atoms with Crippen molar-refractivity contribution in [1.29, 1.82) is 0 Å². The molecule has 2 aromatic rings. The van der Waals surface area contributed by atoms with Crippen LogP contribution in [0.5, 0.6) is 0 Å². The number of rotatable bonds is 3. The highest BCUT2D eigenvalue weighted by atomic mass is 35.5. The summed E-state index contributed by atoms with van der Waals surface area (Å²) in [5.74, 6) is -0.428. The highest BCUT2D eigenvalue weighted by Crippen LogP contribution is 2.20. The number of thiocarbonyl (C=S) groups is 1. The number of anilines is 1. The maximum atomic E-state index is 13.2. The molecule has 1 aliphatic rings. The molecule has 0 spiro atoms. The summed E-state index contributed by atoms with van der Waals surface area (Å²) in [5, 5.41) is 3.88.